The van der Waals surface area contributed by atoms with Crippen molar-refractivity contribution in [3.63, 3.8) is 0 Å². The number of piperazine rings is 1. The molecule has 2 atom stereocenters. The van der Waals surface area contributed by atoms with Crippen molar-refractivity contribution >= 4 is 33.2 Å². The predicted molar refractivity (Wildman–Crippen MR) is 135 cm³/mol. The maximum atomic E-state index is 13.6. The Morgan fingerprint density at radius 1 is 0.943 bits per heavy atom. The van der Waals surface area contributed by atoms with Gasteiger partial charge in [-0.3, -0.25) is 9.59 Å². The van der Waals surface area contributed by atoms with Gasteiger partial charge in [-0.05, 0) is 62.1 Å². The maximum absolute atomic E-state index is 13.6. The van der Waals surface area contributed by atoms with Crippen molar-refractivity contribution in [3.8, 4) is 0 Å². The predicted octanol–water partition coefficient (Wildman–Crippen LogP) is 2.49. The van der Waals surface area contributed by atoms with Crippen LogP contribution in [0.3, 0.4) is 0 Å². The number of rotatable bonds is 4. The van der Waals surface area contributed by atoms with Gasteiger partial charge in [0.1, 0.15) is 6.04 Å². The molecule has 186 valence electrons. The molecule has 0 aliphatic carbocycles. The summed E-state index contributed by atoms with van der Waals surface area (Å²) in [4.78, 5) is 31.4. The normalized spacial score (nSPS) is 23.0. The summed E-state index contributed by atoms with van der Waals surface area (Å²) in [5.74, 6) is -0.152. The van der Waals surface area contributed by atoms with Crippen LogP contribution in [-0.4, -0.2) is 74.2 Å². The zero-order chi connectivity index (χ0) is 24.7. The van der Waals surface area contributed by atoms with Crippen LogP contribution in [0.15, 0.2) is 53.4 Å². The van der Waals surface area contributed by atoms with Crippen LogP contribution in [0.2, 0.25) is 0 Å². The average molecular weight is 497 g/mol. The fraction of sp³-hybridized carbons (Fsp3) is 0.462. The second-order valence-corrected chi connectivity index (χ2v) is 11.5. The lowest BCUT2D eigenvalue weighted by atomic mass is 10.1. The zero-order valence-electron chi connectivity index (χ0n) is 20.3. The molecule has 2 aromatic rings. The van der Waals surface area contributed by atoms with Crippen LogP contribution in [-0.2, 0) is 26.0 Å². The van der Waals surface area contributed by atoms with E-state index in [-0.39, 0.29) is 22.8 Å². The van der Waals surface area contributed by atoms with E-state index in [1.54, 1.807) is 23.1 Å². The molecular weight excluding hydrogens is 464 g/mol. The van der Waals surface area contributed by atoms with Crippen molar-refractivity contribution < 1.29 is 18.0 Å². The summed E-state index contributed by atoms with van der Waals surface area (Å²) >= 11 is 0. The van der Waals surface area contributed by atoms with Gasteiger partial charge in [0.15, 0.2) is 0 Å². The Labute approximate surface area is 207 Å². The first-order chi connectivity index (χ1) is 16.8. The lowest BCUT2D eigenvalue weighted by molar-refractivity contribution is -0.134. The Morgan fingerprint density at radius 3 is 2.34 bits per heavy atom. The third-order valence-corrected chi connectivity index (χ3v) is 9.32. The number of carbonyl (C=O) groups excluding carboxylic acids is 2. The number of benzene rings is 2. The van der Waals surface area contributed by atoms with Gasteiger partial charge in [0.25, 0.3) is 0 Å². The molecule has 0 N–H and O–H groups in total. The molecule has 35 heavy (non-hydrogen) atoms. The lowest BCUT2D eigenvalue weighted by Gasteiger charge is -2.38. The van der Waals surface area contributed by atoms with Crippen molar-refractivity contribution in [2.75, 3.05) is 42.5 Å². The fourth-order valence-corrected chi connectivity index (χ4v) is 7.39. The van der Waals surface area contributed by atoms with Gasteiger partial charge in [-0.1, -0.05) is 18.2 Å². The molecule has 2 saturated heterocycles. The van der Waals surface area contributed by atoms with Crippen molar-refractivity contribution in [1.82, 2.24) is 9.21 Å². The van der Waals surface area contributed by atoms with Crippen LogP contribution in [0, 0.1) is 0 Å². The molecular formula is C26H32N4O4S. The molecule has 0 saturated carbocycles. The summed E-state index contributed by atoms with van der Waals surface area (Å²) in [5, 5.41) is 0. The van der Waals surface area contributed by atoms with Crippen LogP contribution in [0.1, 0.15) is 32.3 Å². The summed E-state index contributed by atoms with van der Waals surface area (Å²) in [6, 6.07) is 14.4. The van der Waals surface area contributed by atoms with Crippen LogP contribution in [0.4, 0.5) is 11.4 Å². The van der Waals surface area contributed by atoms with Crippen LogP contribution in [0.25, 0.3) is 0 Å². The first kappa shape index (κ1) is 23.8. The van der Waals surface area contributed by atoms with Crippen molar-refractivity contribution in [2.45, 2.75) is 50.1 Å². The third kappa shape index (κ3) is 4.31. The molecule has 0 radical (unpaired) electrons. The topological polar surface area (TPSA) is 81.2 Å². The van der Waals surface area contributed by atoms with Gasteiger partial charge >= 0.3 is 0 Å². The van der Waals surface area contributed by atoms with Gasteiger partial charge in [0, 0.05) is 57.1 Å². The van der Waals surface area contributed by atoms with E-state index < -0.39 is 16.1 Å². The zero-order valence-corrected chi connectivity index (χ0v) is 21.1. The van der Waals surface area contributed by atoms with E-state index in [0.29, 0.717) is 38.9 Å². The Kier molecular flexibility index (Phi) is 6.31. The van der Waals surface area contributed by atoms with Gasteiger partial charge in [0.05, 0.1) is 4.90 Å². The van der Waals surface area contributed by atoms with Gasteiger partial charge in [-0.15, -0.1) is 0 Å². The summed E-state index contributed by atoms with van der Waals surface area (Å²) in [6.45, 7) is 6.44. The van der Waals surface area contributed by atoms with E-state index in [4.69, 9.17) is 0 Å². The summed E-state index contributed by atoms with van der Waals surface area (Å²) < 4.78 is 28.7. The van der Waals surface area contributed by atoms with Gasteiger partial charge < -0.3 is 14.7 Å². The molecule has 3 aliphatic rings. The number of nitrogens with zero attached hydrogens (tertiary/aromatic N) is 4. The molecule has 0 bridgehead atoms. The lowest BCUT2D eigenvalue weighted by Crippen LogP contribution is -2.54. The van der Waals surface area contributed by atoms with E-state index in [0.717, 1.165) is 30.0 Å². The molecule has 3 heterocycles. The van der Waals surface area contributed by atoms with Crippen molar-refractivity contribution in [2.24, 2.45) is 0 Å². The molecule has 8 nitrogen and oxygen atoms in total. The molecule has 2 amide bonds. The highest BCUT2D eigenvalue weighted by Crippen LogP contribution is 2.36. The maximum Gasteiger partial charge on any atom is 0.243 e. The monoisotopic (exact) mass is 496 g/mol. The van der Waals surface area contributed by atoms with Crippen LogP contribution >= 0.6 is 0 Å². The van der Waals surface area contributed by atoms with Crippen molar-refractivity contribution in [1.29, 1.82) is 0 Å². The largest absolute Gasteiger partial charge is 0.368 e. The Bertz CT molecular complexity index is 1230. The summed E-state index contributed by atoms with van der Waals surface area (Å²) in [6.07, 6.45) is 1.82. The minimum Gasteiger partial charge on any atom is -0.368 e. The highest BCUT2D eigenvalue weighted by molar-refractivity contribution is 7.89. The van der Waals surface area contributed by atoms with Gasteiger partial charge in [-0.25, -0.2) is 8.42 Å². The van der Waals surface area contributed by atoms with Crippen LogP contribution < -0.4 is 9.80 Å². The number of anilines is 2. The Balaban J connectivity index is 1.31. The highest BCUT2D eigenvalue weighted by Gasteiger charge is 2.42. The Morgan fingerprint density at radius 2 is 1.66 bits per heavy atom. The number of hydrogen-bond donors (Lipinski definition) is 0. The molecule has 2 aromatic carbocycles. The second kappa shape index (κ2) is 9.28. The number of sulfonamides is 1. The molecule has 3 aliphatic heterocycles. The standard InChI is InChI=1S/C26H32N4O4S/c1-19-17-21-18-23(10-11-24(21)30(19)20(2)31)35(33,34)29-12-6-9-25(29)26(32)28-15-13-27(14-16-28)22-7-4-3-5-8-22/h3-5,7-8,10-11,18-19,25H,6,9,12-17H2,1-2H3/t19-,25+/m0/s1. The number of fused-ring (bicyclic) bond motifs is 1. The minimum atomic E-state index is -3.83. The first-order valence-electron chi connectivity index (χ1n) is 12.3. The van der Waals surface area contributed by atoms with Crippen LogP contribution in [0.5, 0.6) is 0 Å². The van der Waals surface area contributed by atoms with E-state index in [1.165, 1.54) is 11.2 Å². The second-order valence-electron chi connectivity index (χ2n) is 9.65. The number of hydrogen-bond acceptors (Lipinski definition) is 5. The van der Waals surface area contributed by atoms with E-state index in [1.807, 2.05) is 30.0 Å². The average Bonchev–Trinajstić information content (AvgIpc) is 3.48. The molecule has 0 aromatic heterocycles. The van der Waals surface area contributed by atoms with Gasteiger partial charge in [-0.2, -0.15) is 4.31 Å². The molecule has 5 rings (SSSR count). The number of amides is 2. The Hall–Kier alpha value is -2.91. The summed E-state index contributed by atoms with van der Waals surface area (Å²) in [5.41, 5.74) is 2.76. The minimum absolute atomic E-state index is 0.00359. The summed E-state index contributed by atoms with van der Waals surface area (Å²) in [7, 11) is -3.83. The highest BCUT2D eigenvalue weighted by atomic mass is 32.2. The van der Waals surface area contributed by atoms with E-state index in [9.17, 15) is 18.0 Å². The number of para-hydroxylation sites is 1. The van der Waals surface area contributed by atoms with Crippen molar-refractivity contribution in [3.05, 3.63) is 54.1 Å². The molecule has 0 unspecified atom stereocenters. The molecule has 9 heteroatoms. The van der Waals surface area contributed by atoms with Gasteiger partial charge in [0.2, 0.25) is 21.8 Å². The first-order valence-corrected chi connectivity index (χ1v) is 13.7. The van der Waals surface area contributed by atoms with E-state index in [2.05, 4.69) is 17.0 Å². The van der Waals surface area contributed by atoms with E-state index >= 15 is 0 Å². The SMILES string of the molecule is CC(=O)N1c2ccc(S(=O)(=O)N3CCC[C@@H]3C(=O)N3CCN(c4ccccc4)CC3)cc2C[C@@H]1C. The smallest absolute Gasteiger partial charge is 0.243 e. The third-order valence-electron chi connectivity index (χ3n) is 7.41. The quantitative estimate of drug-likeness (QED) is 0.650. The number of carbonyl (C=O) groups is 2. The molecule has 0 spiro atoms. The fourth-order valence-electron chi connectivity index (χ4n) is 5.69. The molecule has 2 fully saturated rings.